The maximum atomic E-state index is 13.2. The molecule has 3 aromatic rings. The van der Waals surface area contributed by atoms with Gasteiger partial charge in [-0.05, 0) is 55.7 Å². The summed E-state index contributed by atoms with van der Waals surface area (Å²) in [6, 6.07) is 12.1. The van der Waals surface area contributed by atoms with Crippen LogP contribution in [0.25, 0.3) is 0 Å². The number of rotatable bonds is 8. The highest BCUT2D eigenvalue weighted by atomic mass is 35.5. The number of methoxy groups -OCH3 is 1. The largest absolute Gasteiger partial charge is 0.497 e. The lowest BCUT2D eigenvalue weighted by Gasteiger charge is -2.07. The van der Waals surface area contributed by atoms with Crippen molar-refractivity contribution in [1.82, 2.24) is 9.78 Å². The number of halogens is 2. The Balaban J connectivity index is 1.65. The minimum atomic E-state index is -0.374. The first kappa shape index (κ1) is 21.1. The topological polar surface area (TPSA) is 44.1 Å². The third kappa shape index (κ3) is 5.24. The number of ether oxygens (including phenoxy) is 1. The van der Waals surface area contributed by atoms with Gasteiger partial charge in [0, 0.05) is 29.1 Å². The fourth-order valence-corrected chi connectivity index (χ4v) is 3.59. The Hall–Kier alpha value is -2.66. The Morgan fingerprint density at radius 3 is 2.55 bits per heavy atom. The predicted octanol–water partition coefficient (Wildman–Crippen LogP) is 5.09. The van der Waals surface area contributed by atoms with Crippen molar-refractivity contribution < 1.29 is 13.9 Å². The first-order chi connectivity index (χ1) is 13.9. The molecule has 1 aromatic heterocycles. The van der Waals surface area contributed by atoms with Gasteiger partial charge in [0.15, 0.2) is 0 Å². The minimum absolute atomic E-state index is 0.112. The minimum Gasteiger partial charge on any atom is -0.497 e. The maximum absolute atomic E-state index is 13.2. The maximum Gasteiger partial charge on any atom is 0.137 e. The van der Waals surface area contributed by atoms with Gasteiger partial charge in [0.25, 0.3) is 0 Å². The van der Waals surface area contributed by atoms with Crippen molar-refractivity contribution in [1.29, 1.82) is 0 Å². The zero-order valence-corrected chi connectivity index (χ0v) is 17.6. The number of hydrogen-bond donors (Lipinski definition) is 0. The van der Waals surface area contributed by atoms with Gasteiger partial charge in [0.05, 0.1) is 19.3 Å². The molecule has 152 valence electrons. The van der Waals surface area contributed by atoms with Gasteiger partial charge in [-0.1, -0.05) is 29.8 Å². The van der Waals surface area contributed by atoms with Gasteiger partial charge < -0.3 is 4.74 Å². The van der Waals surface area contributed by atoms with Gasteiger partial charge in [0.2, 0.25) is 0 Å². The number of ketones is 1. The molecule has 2 aromatic carbocycles. The third-order valence-electron chi connectivity index (χ3n) is 5.08. The molecule has 0 saturated heterocycles. The number of carbonyl (C=O) groups is 1. The van der Waals surface area contributed by atoms with Crippen LogP contribution in [0.4, 0.5) is 4.39 Å². The van der Waals surface area contributed by atoms with Gasteiger partial charge in [-0.3, -0.25) is 9.48 Å². The number of aryl methyl sites for hydroxylation is 2. The van der Waals surface area contributed by atoms with Crippen LogP contribution in [-0.4, -0.2) is 22.7 Å². The summed E-state index contributed by atoms with van der Waals surface area (Å²) in [5.74, 6) is 0.552. The van der Waals surface area contributed by atoms with Crippen LogP contribution < -0.4 is 4.74 Å². The summed E-state index contributed by atoms with van der Waals surface area (Å²) in [4.78, 5) is 12.5. The van der Waals surface area contributed by atoms with E-state index in [0.717, 1.165) is 33.8 Å². The van der Waals surface area contributed by atoms with E-state index in [-0.39, 0.29) is 11.6 Å². The highest BCUT2D eigenvalue weighted by Gasteiger charge is 2.16. The van der Waals surface area contributed by atoms with Gasteiger partial charge in [-0.2, -0.15) is 5.10 Å². The summed E-state index contributed by atoms with van der Waals surface area (Å²) in [6.45, 7) is 4.55. The van der Waals surface area contributed by atoms with E-state index < -0.39 is 0 Å². The molecule has 0 aliphatic carbocycles. The molecule has 3 rings (SSSR count). The Morgan fingerprint density at radius 2 is 1.90 bits per heavy atom. The van der Waals surface area contributed by atoms with Gasteiger partial charge in [0.1, 0.15) is 17.3 Å². The molecule has 6 heteroatoms. The second-order valence-corrected chi connectivity index (χ2v) is 7.51. The number of nitrogens with zero attached hydrogens (tertiary/aromatic N) is 2. The Bertz CT molecular complexity index is 1010. The van der Waals surface area contributed by atoms with Crippen molar-refractivity contribution in [2.45, 2.75) is 39.7 Å². The highest BCUT2D eigenvalue weighted by Crippen LogP contribution is 2.21. The van der Waals surface area contributed by atoms with Gasteiger partial charge >= 0.3 is 0 Å². The van der Waals surface area contributed by atoms with Crippen molar-refractivity contribution >= 4 is 17.4 Å². The molecular formula is C23H24ClFN2O2. The molecule has 0 N–H and O–H groups in total. The number of carbonyl (C=O) groups excluding carboxylic acids is 1. The van der Waals surface area contributed by atoms with E-state index in [9.17, 15) is 9.18 Å². The van der Waals surface area contributed by atoms with E-state index in [4.69, 9.17) is 16.3 Å². The first-order valence-electron chi connectivity index (χ1n) is 9.49. The average Bonchev–Trinajstić information content (AvgIpc) is 2.95. The van der Waals surface area contributed by atoms with Crippen LogP contribution >= 0.6 is 11.6 Å². The van der Waals surface area contributed by atoms with E-state index in [1.165, 1.54) is 12.1 Å². The Labute approximate surface area is 175 Å². The molecular weight excluding hydrogens is 391 g/mol. The molecule has 0 aliphatic heterocycles. The molecule has 0 bridgehead atoms. The fourth-order valence-electron chi connectivity index (χ4n) is 3.33. The van der Waals surface area contributed by atoms with Crippen molar-refractivity contribution in [2.75, 3.05) is 7.11 Å². The molecule has 0 saturated carbocycles. The molecule has 4 nitrogen and oxygen atoms in total. The highest BCUT2D eigenvalue weighted by molar-refractivity contribution is 6.31. The number of benzene rings is 2. The van der Waals surface area contributed by atoms with Crippen LogP contribution in [0.1, 0.15) is 34.5 Å². The normalized spacial score (nSPS) is 10.9. The summed E-state index contributed by atoms with van der Waals surface area (Å²) in [7, 11) is 1.64. The molecule has 0 fully saturated rings. The number of hydrogen-bond acceptors (Lipinski definition) is 3. The lowest BCUT2D eigenvalue weighted by molar-refractivity contribution is -0.118. The zero-order valence-electron chi connectivity index (χ0n) is 16.8. The molecule has 0 aliphatic rings. The van der Waals surface area contributed by atoms with Crippen molar-refractivity contribution in [3.8, 4) is 5.75 Å². The van der Waals surface area contributed by atoms with E-state index in [1.54, 1.807) is 13.2 Å². The second kappa shape index (κ2) is 9.23. The molecule has 0 radical (unpaired) electrons. The van der Waals surface area contributed by atoms with E-state index in [1.807, 2.05) is 42.8 Å². The molecule has 1 heterocycles. The third-order valence-corrected chi connectivity index (χ3v) is 5.44. The monoisotopic (exact) mass is 414 g/mol. The summed E-state index contributed by atoms with van der Waals surface area (Å²) < 4.78 is 20.3. The van der Waals surface area contributed by atoms with Gasteiger partial charge in [-0.25, -0.2) is 4.39 Å². The SMILES string of the molecule is COc1ccc(Cn2nc(C)c(CC(=O)CCc3ccc(F)cc3Cl)c2C)cc1. The van der Waals surface area contributed by atoms with Crippen LogP contribution in [0, 0.1) is 19.7 Å². The van der Waals surface area contributed by atoms with E-state index >= 15 is 0 Å². The van der Waals surface area contributed by atoms with Crippen LogP contribution in [0.15, 0.2) is 42.5 Å². The molecule has 0 unspecified atom stereocenters. The Kier molecular flexibility index (Phi) is 6.70. The molecule has 29 heavy (non-hydrogen) atoms. The summed E-state index contributed by atoms with van der Waals surface area (Å²) >= 11 is 6.05. The first-order valence-corrected chi connectivity index (χ1v) is 9.86. The molecule has 0 spiro atoms. The predicted molar refractivity (Wildman–Crippen MR) is 112 cm³/mol. The Morgan fingerprint density at radius 1 is 1.17 bits per heavy atom. The average molecular weight is 415 g/mol. The van der Waals surface area contributed by atoms with Crippen molar-refractivity contribution in [2.24, 2.45) is 0 Å². The van der Waals surface area contributed by atoms with E-state index in [2.05, 4.69) is 5.10 Å². The van der Waals surface area contributed by atoms with Crippen molar-refractivity contribution in [3.05, 3.63) is 81.4 Å². The lowest BCUT2D eigenvalue weighted by atomic mass is 10.0. The van der Waals surface area contributed by atoms with Crippen LogP contribution in [0.5, 0.6) is 5.75 Å². The summed E-state index contributed by atoms with van der Waals surface area (Å²) in [5.41, 5.74) is 4.72. The van der Waals surface area contributed by atoms with Crippen LogP contribution in [0.3, 0.4) is 0 Å². The van der Waals surface area contributed by atoms with Crippen LogP contribution in [0.2, 0.25) is 5.02 Å². The van der Waals surface area contributed by atoms with Crippen molar-refractivity contribution in [3.63, 3.8) is 0 Å². The molecule has 0 atom stereocenters. The number of aromatic nitrogens is 2. The van der Waals surface area contributed by atoms with E-state index in [0.29, 0.717) is 30.8 Å². The van der Waals surface area contributed by atoms with Gasteiger partial charge in [-0.15, -0.1) is 0 Å². The lowest BCUT2D eigenvalue weighted by Crippen LogP contribution is -2.08. The molecule has 0 amide bonds. The smallest absolute Gasteiger partial charge is 0.137 e. The standard InChI is InChI=1S/C23H24ClFN2O2/c1-15-22(13-20(28)9-7-18-6-8-19(25)12-23(18)24)16(2)27(26-15)14-17-4-10-21(29-3)11-5-17/h4-6,8,10-12H,7,9,13-14H2,1-3H3. The van der Waals surface area contributed by atoms with Crippen LogP contribution in [-0.2, 0) is 24.2 Å². The number of Topliss-reactive ketones (excluding diaryl/α,β-unsaturated/α-hetero) is 1. The summed E-state index contributed by atoms with van der Waals surface area (Å²) in [6.07, 6.45) is 1.18. The second-order valence-electron chi connectivity index (χ2n) is 7.11. The fraction of sp³-hybridized carbons (Fsp3) is 0.304. The quantitative estimate of drug-likeness (QED) is 0.515. The summed E-state index contributed by atoms with van der Waals surface area (Å²) in [5, 5.41) is 4.97. The zero-order chi connectivity index (χ0) is 21.0.